The number of alkyl halides is 2. The van der Waals surface area contributed by atoms with Crippen molar-refractivity contribution in [3.8, 4) is 0 Å². The number of rotatable bonds is 1. The van der Waals surface area contributed by atoms with Gasteiger partial charge in [0.1, 0.15) is 0 Å². The van der Waals surface area contributed by atoms with Crippen LogP contribution in [-0.2, 0) is 7.05 Å². The van der Waals surface area contributed by atoms with Crippen molar-refractivity contribution in [1.29, 1.82) is 0 Å². The highest BCUT2D eigenvalue weighted by atomic mass is 79.9. The van der Waals surface area contributed by atoms with Crippen molar-refractivity contribution in [1.82, 2.24) is 4.57 Å². The molecule has 0 fully saturated rings. The van der Waals surface area contributed by atoms with Gasteiger partial charge in [-0.3, -0.25) is 0 Å². The normalized spacial score (nSPS) is 11.5. The van der Waals surface area contributed by atoms with Crippen LogP contribution in [0.5, 0.6) is 0 Å². The predicted molar refractivity (Wildman–Crippen MR) is 55.6 cm³/mol. The van der Waals surface area contributed by atoms with Crippen molar-refractivity contribution in [2.45, 2.75) is 6.43 Å². The molecule has 0 saturated heterocycles. The van der Waals surface area contributed by atoms with E-state index in [-0.39, 0.29) is 5.69 Å². The Balaban J connectivity index is 2.73. The van der Waals surface area contributed by atoms with Crippen molar-refractivity contribution < 1.29 is 8.78 Å². The minimum Gasteiger partial charge on any atom is -0.343 e. The molecular formula is C10H8BrF2N. The summed E-state index contributed by atoms with van der Waals surface area (Å²) in [6, 6.07) is 7.02. The van der Waals surface area contributed by atoms with Crippen molar-refractivity contribution in [2.75, 3.05) is 0 Å². The fraction of sp³-hybridized carbons (Fsp3) is 0.200. The Morgan fingerprint density at radius 1 is 1.29 bits per heavy atom. The molecule has 74 valence electrons. The van der Waals surface area contributed by atoms with Gasteiger partial charge in [0.2, 0.25) is 0 Å². The molecular weight excluding hydrogens is 252 g/mol. The van der Waals surface area contributed by atoms with Crippen LogP contribution in [0.25, 0.3) is 10.9 Å². The largest absolute Gasteiger partial charge is 0.343 e. The third-order valence-electron chi connectivity index (χ3n) is 2.27. The number of hydrogen-bond acceptors (Lipinski definition) is 0. The second-order valence-corrected chi connectivity index (χ2v) is 4.05. The van der Waals surface area contributed by atoms with Crippen molar-refractivity contribution >= 4 is 26.8 Å². The first-order chi connectivity index (χ1) is 6.59. The Morgan fingerprint density at radius 3 is 2.64 bits per heavy atom. The van der Waals surface area contributed by atoms with E-state index in [2.05, 4.69) is 15.9 Å². The molecule has 14 heavy (non-hydrogen) atoms. The summed E-state index contributed by atoms with van der Waals surface area (Å²) in [5.41, 5.74) is 0.876. The van der Waals surface area contributed by atoms with Crippen LogP contribution in [0.1, 0.15) is 12.1 Å². The van der Waals surface area contributed by atoms with Crippen LogP contribution in [0.4, 0.5) is 8.78 Å². The summed E-state index contributed by atoms with van der Waals surface area (Å²) in [4.78, 5) is 0. The number of aryl methyl sites for hydroxylation is 1. The third kappa shape index (κ3) is 1.43. The minimum atomic E-state index is -2.42. The molecule has 1 nitrogen and oxygen atoms in total. The van der Waals surface area contributed by atoms with Crippen LogP contribution in [0.3, 0.4) is 0 Å². The van der Waals surface area contributed by atoms with Crippen LogP contribution in [-0.4, -0.2) is 4.57 Å². The Morgan fingerprint density at radius 2 is 2.00 bits per heavy atom. The standard InChI is InChI=1S/C10H8BrF2N/c1-14-8-3-2-7(11)4-6(8)5-9(14)10(12)13/h2-5,10H,1H3. The molecule has 0 aliphatic rings. The van der Waals surface area contributed by atoms with E-state index in [0.717, 1.165) is 15.4 Å². The smallest absolute Gasteiger partial charge is 0.278 e. The zero-order chi connectivity index (χ0) is 10.3. The summed E-state index contributed by atoms with van der Waals surface area (Å²) in [5.74, 6) is 0. The summed E-state index contributed by atoms with van der Waals surface area (Å²) in [5, 5.41) is 0.831. The Hall–Kier alpha value is -0.900. The molecule has 0 N–H and O–H groups in total. The first-order valence-corrected chi connectivity index (χ1v) is 4.92. The molecule has 2 aromatic rings. The molecule has 0 bridgehead atoms. The average molecular weight is 260 g/mol. The fourth-order valence-corrected chi connectivity index (χ4v) is 1.93. The predicted octanol–water partition coefficient (Wildman–Crippen LogP) is 3.88. The Bertz CT molecular complexity index is 476. The number of halogens is 3. The maximum Gasteiger partial charge on any atom is 0.278 e. The van der Waals surface area contributed by atoms with Crippen molar-refractivity contribution in [2.24, 2.45) is 7.05 Å². The van der Waals surface area contributed by atoms with Gasteiger partial charge in [-0.15, -0.1) is 0 Å². The van der Waals surface area contributed by atoms with Gasteiger partial charge in [0, 0.05) is 22.4 Å². The zero-order valence-corrected chi connectivity index (χ0v) is 9.05. The van der Waals surface area contributed by atoms with Crippen molar-refractivity contribution in [3.05, 3.63) is 34.4 Å². The second-order valence-electron chi connectivity index (χ2n) is 3.13. The Kier molecular flexibility index (Phi) is 2.31. The van der Waals surface area contributed by atoms with Gasteiger partial charge in [0.25, 0.3) is 6.43 Å². The number of benzene rings is 1. The van der Waals surface area contributed by atoms with Crippen molar-refractivity contribution in [3.63, 3.8) is 0 Å². The van der Waals surface area contributed by atoms with Gasteiger partial charge in [-0.1, -0.05) is 15.9 Å². The van der Waals surface area contributed by atoms with E-state index in [1.807, 2.05) is 18.2 Å². The lowest BCUT2D eigenvalue weighted by molar-refractivity contribution is 0.143. The monoisotopic (exact) mass is 259 g/mol. The number of aromatic nitrogens is 1. The molecule has 4 heteroatoms. The highest BCUT2D eigenvalue weighted by Crippen LogP contribution is 2.28. The average Bonchev–Trinajstić information content (AvgIpc) is 2.43. The third-order valence-corrected chi connectivity index (χ3v) is 2.76. The van der Waals surface area contributed by atoms with E-state index < -0.39 is 6.43 Å². The summed E-state index contributed by atoms with van der Waals surface area (Å²) in [7, 11) is 1.65. The first-order valence-electron chi connectivity index (χ1n) is 4.12. The Labute approximate surface area is 88.5 Å². The molecule has 0 aliphatic carbocycles. The van der Waals surface area contributed by atoms with Gasteiger partial charge in [-0.05, 0) is 24.3 Å². The summed E-state index contributed by atoms with van der Waals surface area (Å²) < 4.78 is 27.5. The molecule has 0 spiro atoms. The van der Waals surface area contributed by atoms with E-state index in [0.29, 0.717) is 0 Å². The first kappa shape index (κ1) is 9.65. The summed E-state index contributed by atoms with van der Waals surface area (Å²) >= 11 is 3.31. The minimum absolute atomic E-state index is 0.0538. The molecule has 0 atom stereocenters. The van der Waals surface area contributed by atoms with Gasteiger partial charge in [-0.25, -0.2) is 8.78 Å². The molecule has 1 aromatic heterocycles. The van der Waals surface area contributed by atoms with E-state index in [1.54, 1.807) is 7.05 Å². The highest BCUT2D eigenvalue weighted by Gasteiger charge is 2.13. The van der Waals surface area contributed by atoms with E-state index in [4.69, 9.17) is 0 Å². The van der Waals surface area contributed by atoms with Gasteiger partial charge in [0.05, 0.1) is 5.69 Å². The number of fused-ring (bicyclic) bond motifs is 1. The van der Waals surface area contributed by atoms with Crippen LogP contribution in [0.15, 0.2) is 28.7 Å². The lowest BCUT2D eigenvalue weighted by atomic mass is 10.2. The van der Waals surface area contributed by atoms with Gasteiger partial charge < -0.3 is 4.57 Å². The van der Waals surface area contributed by atoms with Crippen LogP contribution < -0.4 is 0 Å². The molecule has 1 heterocycles. The van der Waals surface area contributed by atoms with Crippen LogP contribution in [0.2, 0.25) is 0 Å². The van der Waals surface area contributed by atoms with Gasteiger partial charge in [-0.2, -0.15) is 0 Å². The maximum absolute atomic E-state index is 12.5. The lowest BCUT2D eigenvalue weighted by Crippen LogP contribution is -1.95. The summed E-state index contributed by atoms with van der Waals surface area (Å²) in [6.07, 6.45) is -2.42. The zero-order valence-electron chi connectivity index (χ0n) is 7.47. The number of nitrogens with zero attached hydrogens (tertiary/aromatic N) is 1. The van der Waals surface area contributed by atoms with Gasteiger partial charge >= 0.3 is 0 Å². The molecule has 1 aromatic carbocycles. The van der Waals surface area contributed by atoms with E-state index in [9.17, 15) is 8.78 Å². The van der Waals surface area contributed by atoms with Crippen LogP contribution in [0, 0.1) is 0 Å². The molecule has 0 radical (unpaired) electrons. The summed E-state index contributed by atoms with van der Waals surface area (Å²) in [6.45, 7) is 0. The van der Waals surface area contributed by atoms with E-state index in [1.165, 1.54) is 10.6 Å². The van der Waals surface area contributed by atoms with Crippen LogP contribution >= 0.6 is 15.9 Å². The maximum atomic E-state index is 12.5. The molecule has 0 saturated carbocycles. The number of hydrogen-bond donors (Lipinski definition) is 0. The second kappa shape index (κ2) is 3.35. The van der Waals surface area contributed by atoms with Gasteiger partial charge in [0.15, 0.2) is 0 Å². The quantitative estimate of drug-likeness (QED) is 0.733. The van der Waals surface area contributed by atoms with E-state index >= 15 is 0 Å². The molecule has 0 amide bonds. The molecule has 2 rings (SSSR count). The molecule has 0 unspecified atom stereocenters. The molecule has 0 aliphatic heterocycles. The fourth-order valence-electron chi connectivity index (χ4n) is 1.55. The highest BCUT2D eigenvalue weighted by molar-refractivity contribution is 9.10. The lowest BCUT2D eigenvalue weighted by Gasteiger charge is -2.01. The SMILES string of the molecule is Cn1c(C(F)F)cc2cc(Br)ccc21. The topological polar surface area (TPSA) is 4.93 Å².